The van der Waals surface area contributed by atoms with Crippen molar-refractivity contribution in [2.75, 3.05) is 13.2 Å². The number of hydrogen-bond donors (Lipinski definition) is 1. The minimum absolute atomic E-state index is 0.101. The summed E-state index contributed by atoms with van der Waals surface area (Å²) in [5, 5.41) is 12.5. The lowest BCUT2D eigenvalue weighted by molar-refractivity contribution is -0.166. The highest BCUT2D eigenvalue weighted by Crippen LogP contribution is 2.31. The van der Waals surface area contributed by atoms with E-state index in [1.54, 1.807) is 6.92 Å². The Balaban J connectivity index is 2.37. The number of carboxylic acid groups (broad SMARTS) is 1. The van der Waals surface area contributed by atoms with Crippen molar-refractivity contribution in [3.05, 3.63) is 11.7 Å². The van der Waals surface area contributed by atoms with Crippen molar-refractivity contribution in [3.8, 4) is 0 Å². The second-order valence-electron chi connectivity index (χ2n) is 3.03. The lowest BCUT2D eigenvalue weighted by Crippen LogP contribution is -2.53. The molecule has 0 unspecified atom stereocenters. The number of aromatic nitrogens is 2. The molecule has 0 atom stereocenters. The van der Waals surface area contributed by atoms with Gasteiger partial charge in [-0.25, -0.2) is 0 Å². The van der Waals surface area contributed by atoms with Gasteiger partial charge in [-0.3, -0.25) is 4.79 Å². The Morgan fingerprint density at radius 1 is 1.62 bits per heavy atom. The molecule has 1 N–H and O–H groups in total. The summed E-state index contributed by atoms with van der Waals surface area (Å²) in [4.78, 5) is 14.8. The molecular formula is C7H8N2O4. The van der Waals surface area contributed by atoms with Gasteiger partial charge in [-0.05, 0) is 6.92 Å². The Morgan fingerprint density at radius 3 is 2.62 bits per heavy atom. The number of aliphatic carboxylic acids is 1. The molecule has 2 heterocycles. The maximum absolute atomic E-state index is 10.9. The van der Waals surface area contributed by atoms with Gasteiger partial charge in [-0.2, -0.15) is 4.98 Å². The van der Waals surface area contributed by atoms with Crippen LogP contribution in [0.2, 0.25) is 0 Å². The highest BCUT2D eigenvalue weighted by Gasteiger charge is 2.52. The lowest BCUT2D eigenvalue weighted by atomic mass is 9.86. The molecule has 0 spiro atoms. The normalized spacial score (nSPS) is 19.5. The first kappa shape index (κ1) is 8.18. The molecule has 1 aliphatic heterocycles. The van der Waals surface area contributed by atoms with E-state index in [9.17, 15) is 4.79 Å². The van der Waals surface area contributed by atoms with E-state index in [0.29, 0.717) is 5.82 Å². The molecule has 1 aliphatic rings. The average Bonchev–Trinajstić information content (AvgIpc) is 2.32. The van der Waals surface area contributed by atoms with Crippen molar-refractivity contribution in [2.45, 2.75) is 12.3 Å². The van der Waals surface area contributed by atoms with Crippen LogP contribution in [0.1, 0.15) is 11.7 Å². The van der Waals surface area contributed by atoms with Gasteiger partial charge in [0.25, 0.3) is 0 Å². The number of nitrogens with zero attached hydrogens (tertiary/aromatic N) is 2. The van der Waals surface area contributed by atoms with Crippen LogP contribution in [-0.2, 0) is 14.9 Å². The standard InChI is InChI=1S/C7H8N2O4/c1-4-8-5(13-9-4)7(6(10)11)2-12-3-7/h2-3H2,1H3,(H,10,11). The molecule has 1 aromatic heterocycles. The van der Waals surface area contributed by atoms with E-state index in [1.807, 2.05) is 0 Å². The van der Waals surface area contributed by atoms with Gasteiger partial charge in [0, 0.05) is 0 Å². The zero-order chi connectivity index (χ0) is 9.47. The summed E-state index contributed by atoms with van der Waals surface area (Å²) in [5.74, 6) is -0.423. The van der Waals surface area contributed by atoms with Gasteiger partial charge < -0.3 is 14.4 Å². The van der Waals surface area contributed by atoms with Crippen LogP contribution < -0.4 is 0 Å². The Kier molecular flexibility index (Phi) is 1.59. The molecule has 1 fully saturated rings. The van der Waals surface area contributed by atoms with Gasteiger partial charge >= 0.3 is 5.97 Å². The van der Waals surface area contributed by atoms with E-state index in [1.165, 1.54) is 0 Å². The van der Waals surface area contributed by atoms with Crippen molar-refractivity contribution in [3.63, 3.8) is 0 Å². The van der Waals surface area contributed by atoms with E-state index in [0.717, 1.165) is 0 Å². The molecule has 13 heavy (non-hydrogen) atoms. The molecule has 0 radical (unpaired) electrons. The number of carbonyl (C=O) groups is 1. The van der Waals surface area contributed by atoms with Crippen LogP contribution in [0.4, 0.5) is 0 Å². The molecule has 0 saturated carbocycles. The van der Waals surface area contributed by atoms with Gasteiger partial charge in [0.05, 0.1) is 13.2 Å². The summed E-state index contributed by atoms with van der Waals surface area (Å²) in [7, 11) is 0. The summed E-state index contributed by atoms with van der Waals surface area (Å²) in [6, 6.07) is 0. The number of rotatable bonds is 2. The number of hydrogen-bond acceptors (Lipinski definition) is 5. The quantitative estimate of drug-likeness (QED) is 0.680. The SMILES string of the molecule is Cc1noc(C2(C(=O)O)COC2)n1. The molecule has 1 saturated heterocycles. The molecule has 70 valence electrons. The second-order valence-corrected chi connectivity index (χ2v) is 3.03. The van der Waals surface area contributed by atoms with Crippen LogP contribution in [0, 0.1) is 6.92 Å². The fourth-order valence-electron chi connectivity index (χ4n) is 1.14. The van der Waals surface area contributed by atoms with Crippen molar-refractivity contribution in [1.29, 1.82) is 0 Å². The number of aryl methyl sites for hydroxylation is 1. The fourth-order valence-corrected chi connectivity index (χ4v) is 1.14. The van der Waals surface area contributed by atoms with E-state index in [4.69, 9.17) is 14.4 Å². The zero-order valence-corrected chi connectivity index (χ0v) is 6.98. The third-order valence-corrected chi connectivity index (χ3v) is 2.04. The molecule has 2 rings (SSSR count). The van der Waals surface area contributed by atoms with E-state index < -0.39 is 11.4 Å². The summed E-state index contributed by atoms with van der Waals surface area (Å²) in [6.07, 6.45) is 0. The number of ether oxygens (including phenoxy) is 1. The van der Waals surface area contributed by atoms with Gasteiger partial charge in [0.1, 0.15) is 0 Å². The highest BCUT2D eigenvalue weighted by molar-refractivity contribution is 5.81. The Labute approximate surface area is 73.5 Å². The van der Waals surface area contributed by atoms with Gasteiger partial charge in [0.2, 0.25) is 5.89 Å². The van der Waals surface area contributed by atoms with Crippen molar-refractivity contribution < 1.29 is 19.2 Å². The van der Waals surface area contributed by atoms with Crippen molar-refractivity contribution in [2.24, 2.45) is 0 Å². The van der Waals surface area contributed by atoms with Gasteiger partial charge in [-0.1, -0.05) is 5.16 Å². The summed E-state index contributed by atoms with van der Waals surface area (Å²) >= 11 is 0. The largest absolute Gasteiger partial charge is 0.480 e. The minimum atomic E-state index is -1.11. The maximum atomic E-state index is 10.9. The fraction of sp³-hybridized carbons (Fsp3) is 0.571. The topological polar surface area (TPSA) is 85.5 Å². The van der Waals surface area contributed by atoms with Crippen LogP contribution in [0.15, 0.2) is 4.52 Å². The number of carboxylic acids is 1. The van der Waals surface area contributed by atoms with E-state index in [-0.39, 0.29) is 19.1 Å². The predicted molar refractivity (Wildman–Crippen MR) is 39.2 cm³/mol. The summed E-state index contributed by atoms with van der Waals surface area (Å²) < 4.78 is 9.67. The third-order valence-electron chi connectivity index (χ3n) is 2.04. The summed E-state index contributed by atoms with van der Waals surface area (Å²) in [5.41, 5.74) is -1.11. The Morgan fingerprint density at radius 2 is 2.31 bits per heavy atom. The highest BCUT2D eigenvalue weighted by atomic mass is 16.5. The Bertz CT molecular complexity index is 342. The monoisotopic (exact) mass is 184 g/mol. The van der Waals surface area contributed by atoms with Gasteiger partial charge in [0.15, 0.2) is 11.2 Å². The first-order valence-electron chi connectivity index (χ1n) is 3.77. The molecule has 0 bridgehead atoms. The Hall–Kier alpha value is -1.43. The molecule has 0 aromatic carbocycles. The van der Waals surface area contributed by atoms with Crippen LogP contribution in [0.3, 0.4) is 0 Å². The van der Waals surface area contributed by atoms with Crippen LogP contribution in [-0.4, -0.2) is 34.4 Å². The smallest absolute Gasteiger partial charge is 0.324 e. The first-order valence-corrected chi connectivity index (χ1v) is 3.77. The van der Waals surface area contributed by atoms with Crippen LogP contribution in [0.25, 0.3) is 0 Å². The van der Waals surface area contributed by atoms with E-state index >= 15 is 0 Å². The minimum Gasteiger partial charge on any atom is -0.480 e. The molecule has 0 amide bonds. The van der Waals surface area contributed by atoms with Crippen LogP contribution >= 0.6 is 0 Å². The zero-order valence-electron chi connectivity index (χ0n) is 6.98. The van der Waals surface area contributed by atoms with E-state index in [2.05, 4.69) is 10.1 Å². The molecule has 0 aliphatic carbocycles. The lowest BCUT2D eigenvalue weighted by Gasteiger charge is -2.33. The molecule has 1 aromatic rings. The second kappa shape index (κ2) is 2.53. The molecular weight excluding hydrogens is 176 g/mol. The van der Waals surface area contributed by atoms with Crippen molar-refractivity contribution >= 4 is 5.97 Å². The van der Waals surface area contributed by atoms with Crippen LogP contribution in [0.5, 0.6) is 0 Å². The molecule has 6 nitrogen and oxygen atoms in total. The van der Waals surface area contributed by atoms with Crippen molar-refractivity contribution in [1.82, 2.24) is 10.1 Å². The first-order chi connectivity index (χ1) is 6.15. The molecule has 6 heteroatoms. The van der Waals surface area contributed by atoms with Gasteiger partial charge in [-0.15, -0.1) is 0 Å². The third kappa shape index (κ3) is 1.02. The predicted octanol–water partition coefficient (Wildman–Crippen LogP) is -0.269. The summed E-state index contributed by atoms with van der Waals surface area (Å²) in [6.45, 7) is 1.84. The average molecular weight is 184 g/mol. The maximum Gasteiger partial charge on any atom is 0.324 e.